The summed E-state index contributed by atoms with van der Waals surface area (Å²) >= 11 is 7.84. The number of hydrogen-bond acceptors (Lipinski definition) is 4. The predicted octanol–water partition coefficient (Wildman–Crippen LogP) is 6.55. The van der Waals surface area contributed by atoms with Gasteiger partial charge in [-0.1, -0.05) is 46.7 Å². The molecule has 0 aliphatic heterocycles. The Balaban J connectivity index is 1.74. The number of benzene rings is 2. The molecular formula is C24H23ClN2O2S. The molecule has 1 amide bonds. The van der Waals surface area contributed by atoms with Crippen LogP contribution in [0.3, 0.4) is 0 Å². The van der Waals surface area contributed by atoms with Gasteiger partial charge >= 0.3 is 0 Å². The lowest BCUT2D eigenvalue weighted by Gasteiger charge is -2.20. The highest BCUT2D eigenvalue weighted by atomic mass is 35.5. The number of furan rings is 1. The van der Waals surface area contributed by atoms with Crippen LogP contribution in [0.5, 0.6) is 0 Å². The molecule has 4 nitrogen and oxygen atoms in total. The number of amides is 1. The number of aryl methyl sites for hydroxylation is 4. The van der Waals surface area contributed by atoms with Crippen molar-refractivity contribution in [2.75, 3.05) is 4.90 Å². The van der Waals surface area contributed by atoms with E-state index in [1.54, 1.807) is 11.2 Å². The van der Waals surface area contributed by atoms with E-state index in [2.05, 4.69) is 32.9 Å². The number of nitrogens with zero attached hydrogens (tertiary/aromatic N) is 2. The molecule has 154 valence electrons. The number of carbonyl (C=O) groups is 1. The van der Waals surface area contributed by atoms with Crippen LogP contribution >= 0.6 is 22.9 Å². The van der Waals surface area contributed by atoms with Crippen LogP contribution in [0.15, 0.2) is 47.1 Å². The number of hydrogen-bond donors (Lipinski definition) is 0. The van der Waals surface area contributed by atoms with Crippen LogP contribution in [-0.2, 0) is 17.8 Å². The highest BCUT2D eigenvalue weighted by Gasteiger charge is 2.24. The zero-order valence-electron chi connectivity index (χ0n) is 17.5. The van der Waals surface area contributed by atoms with Crippen LogP contribution in [0, 0.1) is 27.7 Å². The molecule has 30 heavy (non-hydrogen) atoms. The maximum Gasteiger partial charge on any atom is 0.233 e. The van der Waals surface area contributed by atoms with Crippen molar-refractivity contribution in [2.24, 2.45) is 0 Å². The lowest BCUT2D eigenvalue weighted by Crippen LogP contribution is -2.32. The Morgan fingerprint density at radius 3 is 2.47 bits per heavy atom. The molecule has 2 heterocycles. The second-order valence-corrected chi connectivity index (χ2v) is 9.04. The SMILES string of the molecule is Cc1cc(C)c(CC(=O)N(Cc2ccco2)c2nc3c(C)ccc(Cl)c3s2)c(C)c1. The fourth-order valence-corrected chi connectivity index (χ4v) is 5.10. The molecule has 2 aromatic heterocycles. The Hall–Kier alpha value is -2.63. The Morgan fingerprint density at radius 2 is 1.83 bits per heavy atom. The fourth-order valence-electron chi connectivity index (χ4n) is 3.76. The molecule has 0 aliphatic rings. The maximum atomic E-state index is 13.5. The highest BCUT2D eigenvalue weighted by molar-refractivity contribution is 7.23. The molecule has 0 atom stereocenters. The average Bonchev–Trinajstić information content (AvgIpc) is 3.35. The summed E-state index contributed by atoms with van der Waals surface area (Å²) in [7, 11) is 0. The highest BCUT2D eigenvalue weighted by Crippen LogP contribution is 2.36. The maximum absolute atomic E-state index is 13.5. The molecular weight excluding hydrogens is 416 g/mol. The van der Waals surface area contributed by atoms with Gasteiger partial charge in [0.1, 0.15) is 5.76 Å². The van der Waals surface area contributed by atoms with Crippen molar-refractivity contribution in [3.05, 3.63) is 81.3 Å². The van der Waals surface area contributed by atoms with E-state index in [-0.39, 0.29) is 5.91 Å². The normalized spacial score (nSPS) is 11.2. The molecule has 6 heteroatoms. The van der Waals surface area contributed by atoms with E-state index >= 15 is 0 Å². The number of carbonyl (C=O) groups excluding carboxylic acids is 1. The minimum atomic E-state index is -0.0192. The summed E-state index contributed by atoms with van der Waals surface area (Å²) in [4.78, 5) is 20.0. The van der Waals surface area contributed by atoms with Crippen molar-refractivity contribution in [3.8, 4) is 0 Å². The molecule has 0 radical (unpaired) electrons. The number of thiazole rings is 1. The van der Waals surface area contributed by atoms with E-state index in [0.717, 1.165) is 32.5 Å². The van der Waals surface area contributed by atoms with Gasteiger partial charge in [0.15, 0.2) is 5.13 Å². The molecule has 0 fully saturated rings. The minimum Gasteiger partial charge on any atom is -0.467 e. The molecule has 0 spiro atoms. The van der Waals surface area contributed by atoms with Crippen molar-refractivity contribution >= 4 is 44.2 Å². The molecule has 0 saturated carbocycles. The lowest BCUT2D eigenvalue weighted by molar-refractivity contribution is -0.118. The zero-order valence-corrected chi connectivity index (χ0v) is 19.0. The largest absolute Gasteiger partial charge is 0.467 e. The first-order valence-electron chi connectivity index (χ1n) is 9.78. The van der Waals surface area contributed by atoms with Gasteiger partial charge in [0.05, 0.1) is 34.5 Å². The van der Waals surface area contributed by atoms with Gasteiger partial charge in [-0.25, -0.2) is 4.98 Å². The number of aromatic nitrogens is 1. The van der Waals surface area contributed by atoms with Gasteiger partial charge in [0, 0.05) is 0 Å². The third-order valence-corrected chi connectivity index (χ3v) is 6.82. The van der Waals surface area contributed by atoms with Crippen molar-refractivity contribution in [1.82, 2.24) is 4.98 Å². The first kappa shape index (κ1) is 20.6. The first-order chi connectivity index (χ1) is 14.3. The number of anilines is 1. The van der Waals surface area contributed by atoms with Crippen LogP contribution in [0.1, 0.15) is 33.6 Å². The number of rotatable bonds is 5. The summed E-state index contributed by atoms with van der Waals surface area (Å²) in [6, 6.07) is 11.8. The minimum absolute atomic E-state index is 0.0192. The summed E-state index contributed by atoms with van der Waals surface area (Å²) in [6.07, 6.45) is 1.92. The van der Waals surface area contributed by atoms with Gasteiger partial charge in [-0.3, -0.25) is 9.69 Å². The summed E-state index contributed by atoms with van der Waals surface area (Å²) in [5, 5.41) is 1.28. The van der Waals surface area contributed by atoms with Crippen LogP contribution in [0.4, 0.5) is 5.13 Å². The van der Waals surface area contributed by atoms with Gasteiger partial charge in [0.2, 0.25) is 5.91 Å². The molecule has 4 aromatic rings. The summed E-state index contributed by atoms with van der Waals surface area (Å²) < 4.78 is 6.42. The van der Waals surface area contributed by atoms with Gasteiger partial charge in [-0.05, 0) is 68.1 Å². The Morgan fingerprint density at radius 1 is 1.10 bits per heavy atom. The first-order valence-corrected chi connectivity index (χ1v) is 11.0. The molecule has 0 N–H and O–H groups in total. The molecule has 0 saturated heterocycles. The Kier molecular flexibility index (Phi) is 5.67. The Labute approximate surface area is 185 Å². The summed E-state index contributed by atoms with van der Waals surface area (Å²) in [5.41, 5.74) is 6.38. The zero-order chi connectivity index (χ0) is 21.4. The van der Waals surface area contributed by atoms with Crippen LogP contribution < -0.4 is 4.90 Å². The van der Waals surface area contributed by atoms with Crippen molar-refractivity contribution in [2.45, 2.75) is 40.7 Å². The van der Waals surface area contributed by atoms with E-state index in [9.17, 15) is 4.79 Å². The van der Waals surface area contributed by atoms with Crippen LogP contribution in [-0.4, -0.2) is 10.9 Å². The summed E-state index contributed by atoms with van der Waals surface area (Å²) in [6.45, 7) is 8.51. The standard InChI is InChI=1S/C24H23ClN2O2S/c1-14-10-16(3)19(17(4)11-14)12-21(28)27(13-18-6-5-9-29-18)24-26-22-15(2)7-8-20(25)23(22)30-24/h5-11H,12-13H2,1-4H3. The van der Waals surface area contributed by atoms with Gasteiger partial charge in [-0.2, -0.15) is 0 Å². The van der Waals surface area contributed by atoms with E-state index in [4.69, 9.17) is 21.0 Å². The molecule has 4 rings (SSSR count). The second-order valence-electron chi connectivity index (χ2n) is 7.65. The van der Waals surface area contributed by atoms with Crippen molar-refractivity contribution in [3.63, 3.8) is 0 Å². The lowest BCUT2D eigenvalue weighted by atomic mass is 9.97. The topological polar surface area (TPSA) is 46.3 Å². The quantitative estimate of drug-likeness (QED) is 0.354. The Bertz CT molecular complexity index is 1170. The second kappa shape index (κ2) is 8.25. The summed E-state index contributed by atoms with van der Waals surface area (Å²) in [5.74, 6) is 0.692. The third-order valence-electron chi connectivity index (χ3n) is 5.28. The van der Waals surface area contributed by atoms with E-state index < -0.39 is 0 Å². The molecule has 0 bridgehead atoms. The average molecular weight is 439 g/mol. The van der Waals surface area contributed by atoms with Crippen LogP contribution in [0.2, 0.25) is 5.02 Å². The van der Waals surface area contributed by atoms with E-state index in [1.165, 1.54) is 16.9 Å². The fraction of sp³-hybridized carbons (Fsp3) is 0.250. The van der Waals surface area contributed by atoms with E-state index in [1.807, 2.05) is 31.2 Å². The third kappa shape index (κ3) is 4.00. The monoisotopic (exact) mass is 438 g/mol. The molecule has 0 unspecified atom stereocenters. The smallest absolute Gasteiger partial charge is 0.233 e. The van der Waals surface area contributed by atoms with Crippen molar-refractivity contribution < 1.29 is 9.21 Å². The van der Waals surface area contributed by atoms with Crippen LogP contribution in [0.25, 0.3) is 10.2 Å². The van der Waals surface area contributed by atoms with Gasteiger partial charge in [0.25, 0.3) is 0 Å². The van der Waals surface area contributed by atoms with E-state index in [0.29, 0.717) is 28.9 Å². The van der Waals surface area contributed by atoms with Crippen molar-refractivity contribution in [1.29, 1.82) is 0 Å². The van der Waals surface area contributed by atoms with Gasteiger partial charge in [-0.15, -0.1) is 0 Å². The number of halogens is 1. The van der Waals surface area contributed by atoms with Gasteiger partial charge < -0.3 is 4.42 Å². The number of fused-ring (bicyclic) bond motifs is 1. The molecule has 2 aromatic carbocycles. The molecule has 0 aliphatic carbocycles. The predicted molar refractivity (Wildman–Crippen MR) is 124 cm³/mol.